The smallest absolute Gasteiger partial charge is 0.420 e. The van der Waals surface area contributed by atoms with Gasteiger partial charge in [0.25, 0.3) is 0 Å². The molecule has 28 heavy (non-hydrogen) atoms. The highest BCUT2D eigenvalue weighted by atomic mass is 16.6. The van der Waals surface area contributed by atoms with Crippen LogP contribution in [-0.2, 0) is 23.8 Å². The van der Waals surface area contributed by atoms with Crippen LogP contribution in [0.15, 0.2) is 0 Å². The number of carbonyl (C=O) groups is 4. The summed E-state index contributed by atoms with van der Waals surface area (Å²) in [5, 5.41) is 2.68. The molecular weight excluding hydrogens is 368 g/mol. The molecule has 1 aliphatic heterocycles. The summed E-state index contributed by atoms with van der Waals surface area (Å²) in [4.78, 5) is 51.2. The molecule has 1 rings (SSSR count). The van der Waals surface area contributed by atoms with Gasteiger partial charge in [0.2, 0.25) is 5.91 Å². The van der Waals surface area contributed by atoms with E-state index >= 15 is 0 Å². The van der Waals surface area contributed by atoms with Crippen molar-refractivity contribution in [3.63, 3.8) is 0 Å². The zero-order valence-corrected chi connectivity index (χ0v) is 18.0. The largest absolute Gasteiger partial charge is 0.467 e. The molecule has 2 atom stereocenters. The molecule has 9 heteroatoms. The van der Waals surface area contributed by atoms with Crippen molar-refractivity contribution < 1.29 is 33.4 Å². The van der Waals surface area contributed by atoms with Gasteiger partial charge in [-0.05, 0) is 61.3 Å². The van der Waals surface area contributed by atoms with Gasteiger partial charge in [-0.2, -0.15) is 4.90 Å². The lowest BCUT2D eigenvalue weighted by Crippen LogP contribution is -2.60. The van der Waals surface area contributed by atoms with E-state index in [1.807, 2.05) is 0 Å². The van der Waals surface area contributed by atoms with Crippen molar-refractivity contribution in [1.82, 2.24) is 10.2 Å². The highest BCUT2D eigenvalue weighted by Crippen LogP contribution is 2.32. The summed E-state index contributed by atoms with van der Waals surface area (Å²) in [5.41, 5.74) is -3.62. The minimum absolute atomic E-state index is 0.107. The SMILES string of the molecule is COC(=O)C(C)(CC1CCNC1=O)N(C(=O)OC(C)(C)C)C(=O)OC(C)(C)C. The fourth-order valence-electron chi connectivity index (χ4n) is 2.90. The number of nitrogens with one attached hydrogen (secondary N) is 1. The Morgan fingerprint density at radius 3 is 1.79 bits per heavy atom. The van der Waals surface area contributed by atoms with Crippen LogP contribution in [0.5, 0.6) is 0 Å². The molecule has 1 saturated heterocycles. The fourth-order valence-corrected chi connectivity index (χ4v) is 2.90. The van der Waals surface area contributed by atoms with Crippen LogP contribution in [0.1, 0.15) is 61.3 Å². The Hall–Kier alpha value is -2.32. The number of esters is 1. The molecule has 1 fully saturated rings. The van der Waals surface area contributed by atoms with E-state index in [4.69, 9.17) is 14.2 Å². The van der Waals surface area contributed by atoms with Gasteiger partial charge in [0.1, 0.15) is 11.2 Å². The Bertz CT molecular complexity index is 605. The predicted octanol–water partition coefficient (Wildman–Crippen LogP) is 2.62. The van der Waals surface area contributed by atoms with Crippen LogP contribution in [0.3, 0.4) is 0 Å². The lowest BCUT2D eigenvalue weighted by atomic mass is 9.86. The third kappa shape index (κ3) is 6.10. The lowest BCUT2D eigenvalue weighted by Gasteiger charge is -2.39. The topological polar surface area (TPSA) is 111 Å². The lowest BCUT2D eigenvalue weighted by molar-refractivity contribution is -0.155. The van der Waals surface area contributed by atoms with E-state index in [0.29, 0.717) is 17.9 Å². The van der Waals surface area contributed by atoms with Gasteiger partial charge in [0, 0.05) is 12.5 Å². The highest BCUT2D eigenvalue weighted by molar-refractivity contribution is 5.97. The minimum atomic E-state index is -1.79. The molecule has 0 aromatic heterocycles. The maximum Gasteiger partial charge on any atom is 0.420 e. The standard InChI is InChI=1S/C19H32N2O7/c1-17(2,3)27-15(24)21(16(25)28-18(4,5)6)19(7,14(23)26-8)11-12-9-10-20-13(12)22/h12H,9-11H2,1-8H3,(H,20,22). The summed E-state index contributed by atoms with van der Waals surface area (Å²) in [6.45, 7) is 11.7. The molecule has 1 N–H and O–H groups in total. The second-order valence-electron chi connectivity index (χ2n) is 9.04. The number of rotatable bonds is 4. The van der Waals surface area contributed by atoms with Crippen LogP contribution in [0.25, 0.3) is 0 Å². The van der Waals surface area contributed by atoms with Crippen LogP contribution in [0.4, 0.5) is 9.59 Å². The van der Waals surface area contributed by atoms with E-state index in [2.05, 4.69) is 5.32 Å². The molecule has 1 aliphatic rings. The van der Waals surface area contributed by atoms with E-state index in [1.165, 1.54) is 6.92 Å². The maximum atomic E-state index is 12.9. The van der Waals surface area contributed by atoms with Gasteiger partial charge < -0.3 is 19.5 Å². The van der Waals surface area contributed by atoms with Gasteiger partial charge in [0.05, 0.1) is 7.11 Å². The Labute approximate surface area is 166 Å². The molecule has 0 spiro atoms. The van der Waals surface area contributed by atoms with Crippen LogP contribution in [0, 0.1) is 5.92 Å². The summed E-state index contributed by atoms with van der Waals surface area (Å²) < 4.78 is 15.6. The van der Waals surface area contributed by atoms with E-state index in [-0.39, 0.29) is 12.3 Å². The predicted molar refractivity (Wildman–Crippen MR) is 100 cm³/mol. The van der Waals surface area contributed by atoms with E-state index in [0.717, 1.165) is 7.11 Å². The first-order chi connectivity index (χ1) is 12.6. The molecular formula is C19H32N2O7. The average molecular weight is 400 g/mol. The Morgan fingerprint density at radius 1 is 1.00 bits per heavy atom. The van der Waals surface area contributed by atoms with E-state index in [9.17, 15) is 19.2 Å². The van der Waals surface area contributed by atoms with Gasteiger partial charge in [-0.15, -0.1) is 0 Å². The average Bonchev–Trinajstić information content (AvgIpc) is 2.87. The molecule has 160 valence electrons. The molecule has 0 aromatic carbocycles. The second-order valence-corrected chi connectivity index (χ2v) is 9.04. The third-order valence-corrected chi connectivity index (χ3v) is 4.08. The monoisotopic (exact) mass is 400 g/mol. The van der Waals surface area contributed by atoms with Crippen LogP contribution in [0.2, 0.25) is 0 Å². The number of hydrogen-bond donors (Lipinski definition) is 1. The Morgan fingerprint density at radius 2 is 1.46 bits per heavy atom. The molecule has 0 radical (unpaired) electrons. The van der Waals surface area contributed by atoms with Gasteiger partial charge in [-0.25, -0.2) is 14.4 Å². The van der Waals surface area contributed by atoms with Crippen LogP contribution in [-0.4, -0.2) is 59.4 Å². The number of ether oxygens (including phenoxy) is 3. The molecule has 0 aliphatic carbocycles. The molecule has 2 unspecified atom stereocenters. The Kier molecular flexibility index (Phi) is 7.08. The first-order valence-electron chi connectivity index (χ1n) is 9.23. The summed E-state index contributed by atoms with van der Waals surface area (Å²) in [5.74, 6) is -1.65. The van der Waals surface area contributed by atoms with Gasteiger partial charge in [-0.3, -0.25) is 4.79 Å². The van der Waals surface area contributed by atoms with Crippen molar-refractivity contribution in [3.8, 4) is 0 Å². The molecule has 1 heterocycles. The zero-order valence-electron chi connectivity index (χ0n) is 18.0. The summed E-state index contributed by atoms with van der Waals surface area (Å²) >= 11 is 0. The number of amides is 3. The molecule has 0 aromatic rings. The normalized spacial score (nSPS) is 19.3. The van der Waals surface area contributed by atoms with Crippen molar-refractivity contribution in [3.05, 3.63) is 0 Å². The molecule has 0 bridgehead atoms. The molecule has 3 amide bonds. The Balaban J connectivity index is 3.39. The second kappa shape index (κ2) is 8.36. The van der Waals surface area contributed by atoms with Crippen molar-refractivity contribution >= 4 is 24.1 Å². The van der Waals surface area contributed by atoms with E-state index < -0.39 is 40.8 Å². The van der Waals surface area contributed by atoms with Crippen LogP contribution < -0.4 is 5.32 Å². The van der Waals surface area contributed by atoms with E-state index in [1.54, 1.807) is 41.5 Å². The fraction of sp³-hybridized carbons (Fsp3) is 0.789. The van der Waals surface area contributed by atoms with Gasteiger partial charge in [0.15, 0.2) is 5.54 Å². The first-order valence-corrected chi connectivity index (χ1v) is 9.23. The van der Waals surface area contributed by atoms with Crippen LogP contribution >= 0.6 is 0 Å². The molecule has 9 nitrogen and oxygen atoms in total. The van der Waals surface area contributed by atoms with Crippen molar-refractivity contribution in [2.75, 3.05) is 13.7 Å². The van der Waals surface area contributed by atoms with Gasteiger partial charge in [-0.1, -0.05) is 0 Å². The summed E-state index contributed by atoms with van der Waals surface area (Å²) in [7, 11) is 1.15. The number of nitrogens with zero attached hydrogens (tertiary/aromatic N) is 1. The zero-order chi connectivity index (χ0) is 21.9. The minimum Gasteiger partial charge on any atom is -0.467 e. The number of hydrogen-bond acceptors (Lipinski definition) is 7. The number of methoxy groups -OCH3 is 1. The van der Waals surface area contributed by atoms with Gasteiger partial charge >= 0.3 is 18.2 Å². The van der Waals surface area contributed by atoms with Crippen molar-refractivity contribution in [2.24, 2.45) is 5.92 Å². The number of carbonyl (C=O) groups excluding carboxylic acids is 4. The number of imide groups is 1. The third-order valence-electron chi connectivity index (χ3n) is 4.08. The maximum absolute atomic E-state index is 12.9. The van der Waals surface area contributed by atoms with Crippen molar-refractivity contribution in [1.29, 1.82) is 0 Å². The molecule has 0 saturated carbocycles. The quantitative estimate of drug-likeness (QED) is 0.570. The van der Waals surface area contributed by atoms with Crippen molar-refractivity contribution in [2.45, 2.75) is 78.0 Å². The summed E-state index contributed by atoms with van der Waals surface area (Å²) in [6.07, 6.45) is -1.73. The highest BCUT2D eigenvalue weighted by Gasteiger charge is 2.52. The first kappa shape index (κ1) is 23.7. The summed E-state index contributed by atoms with van der Waals surface area (Å²) in [6, 6.07) is 0.